The summed E-state index contributed by atoms with van der Waals surface area (Å²) < 4.78 is 27.4. The monoisotopic (exact) mass is 382 g/mol. The molecule has 28 heavy (non-hydrogen) atoms. The quantitative estimate of drug-likeness (QED) is 0.750. The summed E-state index contributed by atoms with van der Waals surface area (Å²) in [6.07, 6.45) is 5.11. The molecule has 0 amide bonds. The second-order valence-electron chi connectivity index (χ2n) is 7.07. The lowest BCUT2D eigenvalue weighted by molar-refractivity contribution is 0.196. The molecule has 7 heteroatoms. The molecule has 3 heterocycles. The Morgan fingerprint density at radius 1 is 1.21 bits per heavy atom. The maximum absolute atomic E-state index is 14.0. The maximum atomic E-state index is 14.0. The molecular weight excluding hydrogens is 362 g/mol. The summed E-state index contributed by atoms with van der Waals surface area (Å²) in [4.78, 5) is 25.7. The second kappa shape index (κ2) is 7.98. The van der Waals surface area contributed by atoms with Gasteiger partial charge in [-0.2, -0.15) is 0 Å². The van der Waals surface area contributed by atoms with Crippen LogP contribution in [-0.2, 0) is 6.54 Å². The van der Waals surface area contributed by atoms with Gasteiger partial charge in [0, 0.05) is 48.6 Å². The average Bonchev–Trinajstić information content (AvgIpc) is 2.71. The van der Waals surface area contributed by atoms with Crippen molar-refractivity contribution in [2.45, 2.75) is 25.3 Å². The number of likely N-dealkylation sites (tertiary alicyclic amines) is 1. The van der Waals surface area contributed by atoms with E-state index in [1.807, 2.05) is 6.07 Å². The third-order valence-electron chi connectivity index (χ3n) is 5.02. The average molecular weight is 382 g/mol. The lowest BCUT2D eigenvalue weighted by Crippen LogP contribution is -2.35. The number of pyridine rings is 1. The van der Waals surface area contributed by atoms with Crippen LogP contribution in [0.4, 0.5) is 8.78 Å². The van der Waals surface area contributed by atoms with Crippen molar-refractivity contribution in [3.63, 3.8) is 0 Å². The minimum absolute atomic E-state index is 0.0584. The number of hydrogen-bond acceptors (Lipinski definition) is 4. The highest BCUT2D eigenvalue weighted by molar-refractivity contribution is 5.52. The van der Waals surface area contributed by atoms with Gasteiger partial charge >= 0.3 is 0 Å². The first-order valence-electron chi connectivity index (χ1n) is 9.26. The number of benzene rings is 1. The van der Waals surface area contributed by atoms with E-state index in [0.29, 0.717) is 30.2 Å². The zero-order valence-electron chi connectivity index (χ0n) is 15.2. The van der Waals surface area contributed by atoms with E-state index < -0.39 is 11.6 Å². The molecule has 5 nitrogen and oxygen atoms in total. The fourth-order valence-corrected chi connectivity index (χ4v) is 3.67. The fraction of sp³-hybridized carbons (Fsp3) is 0.286. The zero-order chi connectivity index (χ0) is 19.5. The minimum atomic E-state index is -0.442. The molecule has 1 atom stereocenters. The molecule has 0 aliphatic carbocycles. The highest BCUT2D eigenvalue weighted by Gasteiger charge is 2.24. The van der Waals surface area contributed by atoms with Crippen molar-refractivity contribution in [2.75, 3.05) is 13.1 Å². The Labute approximate surface area is 161 Å². The number of H-pyrrole nitrogens is 1. The molecule has 1 aromatic carbocycles. The Bertz CT molecular complexity index is 1020. The number of nitrogens with one attached hydrogen (secondary N) is 1. The van der Waals surface area contributed by atoms with E-state index in [1.54, 1.807) is 18.5 Å². The summed E-state index contributed by atoms with van der Waals surface area (Å²) in [7, 11) is 0. The van der Waals surface area contributed by atoms with E-state index in [9.17, 15) is 13.6 Å². The third kappa shape index (κ3) is 4.14. The molecule has 4 rings (SSSR count). The van der Waals surface area contributed by atoms with Crippen molar-refractivity contribution >= 4 is 0 Å². The second-order valence-corrected chi connectivity index (χ2v) is 7.07. The van der Waals surface area contributed by atoms with E-state index in [0.717, 1.165) is 37.1 Å². The largest absolute Gasteiger partial charge is 0.306 e. The summed E-state index contributed by atoms with van der Waals surface area (Å²) in [5.74, 6) is -0.300. The molecular formula is C21H20F2N4O. The zero-order valence-corrected chi connectivity index (χ0v) is 15.2. The van der Waals surface area contributed by atoms with Gasteiger partial charge in [-0.05, 0) is 49.7 Å². The van der Waals surface area contributed by atoms with Crippen LogP contribution >= 0.6 is 0 Å². The summed E-state index contributed by atoms with van der Waals surface area (Å²) >= 11 is 0. The molecule has 2 aromatic heterocycles. The fourth-order valence-electron chi connectivity index (χ4n) is 3.67. The van der Waals surface area contributed by atoms with Gasteiger partial charge in [0.25, 0.3) is 5.56 Å². The van der Waals surface area contributed by atoms with Gasteiger partial charge in [0.2, 0.25) is 0 Å². The highest BCUT2D eigenvalue weighted by atomic mass is 19.1. The summed E-state index contributed by atoms with van der Waals surface area (Å²) in [5.41, 5.74) is 1.59. The lowest BCUT2D eigenvalue weighted by Gasteiger charge is -2.32. The molecule has 1 aliphatic rings. The van der Waals surface area contributed by atoms with E-state index in [4.69, 9.17) is 0 Å². The van der Waals surface area contributed by atoms with Crippen LogP contribution in [0.1, 0.15) is 30.0 Å². The smallest absolute Gasteiger partial charge is 0.251 e. The van der Waals surface area contributed by atoms with Gasteiger partial charge in [0.05, 0.1) is 5.69 Å². The SMILES string of the molecule is O=c1cc(C2CCCN(Cc3cc(F)ccc3F)C2)nc(-c2cccnc2)[nH]1. The third-order valence-corrected chi connectivity index (χ3v) is 5.02. The summed E-state index contributed by atoms with van der Waals surface area (Å²) in [6.45, 7) is 1.77. The first-order chi connectivity index (χ1) is 13.6. The van der Waals surface area contributed by atoms with Gasteiger partial charge in [-0.25, -0.2) is 13.8 Å². The first kappa shape index (κ1) is 18.4. The standard InChI is InChI=1S/C21H20F2N4O/c22-17-5-6-18(23)16(9-17)13-27-8-2-4-15(12-27)19-10-20(28)26-21(25-19)14-3-1-7-24-11-14/h1,3,5-7,9-11,15H,2,4,8,12-13H2,(H,25,26,28). The normalized spacial score (nSPS) is 17.6. The molecule has 3 aromatic rings. The van der Waals surface area contributed by atoms with Gasteiger partial charge in [-0.3, -0.25) is 14.7 Å². The summed E-state index contributed by atoms with van der Waals surface area (Å²) in [5, 5.41) is 0. The number of rotatable bonds is 4. The molecule has 0 radical (unpaired) electrons. The molecule has 0 spiro atoms. The van der Waals surface area contributed by atoms with Crippen molar-refractivity contribution < 1.29 is 8.78 Å². The van der Waals surface area contributed by atoms with Crippen molar-refractivity contribution in [1.29, 1.82) is 0 Å². The Balaban J connectivity index is 1.55. The molecule has 1 fully saturated rings. The van der Waals surface area contributed by atoms with E-state index in [-0.39, 0.29) is 11.5 Å². The minimum Gasteiger partial charge on any atom is -0.306 e. The number of hydrogen-bond donors (Lipinski definition) is 1. The molecule has 1 N–H and O–H groups in total. The molecule has 0 bridgehead atoms. The Morgan fingerprint density at radius 2 is 2.11 bits per heavy atom. The topological polar surface area (TPSA) is 61.9 Å². The predicted octanol–water partition coefficient (Wildman–Crippen LogP) is 3.49. The molecule has 1 aliphatic heterocycles. The van der Waals surface area contributed by atoms with Crippen LogP contribution in [0.25, 0.3) is 11.4 Å². The summed E-state index contributed by atoms with van der Waals surface area (Å²) in [6, 6.07) is 8.68. The van der Waals surface area contributed by atoms with Crippen LogP contribution in [-0.4, -0.2) is 32.9 Å². The number of piperidine rings is 1. The van der Waals surface area contributed by atoms with Crippen molar-refractivity contribution in [3.05, 3.63) is 82.0 Å². The maximum Gasteiger partial charge on any atom is 0.251 e. The first-order valence-corrected chi connectivity index (χ1v) is 9.26. The van der Waals surface area contributed by atoms with Crippen LogP contribution in [0.5, 0.6) is 0 Å². The number of halogens is 2. The number of nitrogens with zero attached hydrogens (tertiary/aromatic N) is 3. The van der Waals surface area contributed by atoms with E-state index in [1.165, 1.54) is 12.1 Å². The Kier molecular flexibility index (Phi) is 5.25. The molecule has 1 saturated heterocycles. The Morgan fingerprint density at radius 3 is 2.93 bits per heavy atom. The van der Waals surface area contributed by atoms with Gasteiger partial charge in [-0.15, -0.1) is 0 Å². The number of aromatic amines is 1. The molecule has 144 valence electrons. The van der Waals surface area contributed by atoms with Gasteiger partial charge in [0.15, 0.2) is 0 Å². The van der Waals surface area contributed by atoms with Gasteiger partial charge in [0.1, 0.15) is 17.5 Å². The van der Waals surface area contributed by atoms with Crippen LogP contribution in [0.2, 0.25) is 0 Å². The Hall–Kier alpha value is -2.93. The van der Waals surface area contributed by atoms with Crippen LogP contribution < -0.4 is 5.56 Å². The van der Waals surface area contributed by atoms with Crippen LogP contribution in [0.3, 0.4) is 0 Å². The van der Waals surface area contributed by atoms with Crippen LogP contribution in [0.15, 0.2) is 53.6 Å². The van der Waals surface area contributed by atoms with E-state index >= 15 is 0 Å². The number of aromatic nitrogens is 3. The van der Waals surface area contributed by atoms with Crippen molar-refractivity contribution in [1.82, 2.24) is 19.9 Å². The van der Waals surface area contributed by atoms with Crippen LogP contribution in [0, 0.1) is 11.6 Å². The van der Waals surface area contributed by atoms with Crippen molar-refractivity contribution in [2.24, 2.45) is 0 Å². The molecule has 0 saturated carbocycles. The van der Waals surface area contributed by atoms with E-state index in [2.05, 4.69) is 19.9 Å². The lowest BCUT2D eigenvalue weighted by atomic mass is 9.94. The van der Waals surface area contributed by atoms with Gasteiger partial charge < -0.3 is 4.98 Å². The van der Waals surface area contributed by atoms with Gasteiger partial charge in [-0.1, -0.05) is 0 Å². The molecule has 1 unspecified atom stereocenters. The van der Waals surface area contributed by atoms with Crippen molar-refractivity contribution in [3.8, 4) is 11.4 Å². The highest BCUT2D eigenvalue weighted by Crippen LogP contribution is 2.27. The predicted molar refractivity (Wildman–Crippen MR) is 102 cm³/mol.